The van der Waals surface area contributed by atoms with Gasteiger partial charge in [0.05, 0.1) is 0 Å². The Bertz CT molecular complexity index is 263. The lowest BCUT2D eigenvalue weighted by molar-refractivity contribution is 0.100. The van der Waals surface area contributed by atoms with Crippen LogP contribution in [0, 0.1) is 17.3 Å². The molecule has 0 heterocycles. The fraction of sp³-hybridized carbons (Fsp3) is 0.900. The Kier molecular flexibility index (Phi) is 10.3. The van der Waals surface area contributed by atoms with Crippen molar-refractivity contribution in [3.05, 3.63) is 11.6 Å². The lowest BCUT2D eigenvalue weighted by Crippen LogP contribution is -2.30. The summed E-state index contributed by atoms with van der Waals surface area (Å²) in [7, 11) is 0. The number of rotatable bonds is 11. The minimum absolute atomic E-state index is 0.581. The molecule has 0 aromatic rings. The zero-order valence-electron chi connectivity index (χ0n) is 15.4. The highest BCUT2D eigenvalue weighted by Gasteiger charge is 2.34. The van der Waals surface area contributed by atoms with Gasteiger partial charge in [-0.2, -0.15) is 0 Å². The van der Waals surface area contributed by atoms with Gasteiger partial charge < -0.3 is 0 Å². The summed E-state index contributed by atoms with van der Waals surface area (Å²) in [6, 6.07) is 0. The van der Waals surface area contributed by atoms with Crippen LogP contribution in [-0.4, -0.2) is 0 Å². The molecule has 0 aliphatic rings. The van der Waals surface area contributed by atoms with Crippen molar-refractivity contribution < 1.29 is 0 Å². The van der Waals surface area contributed by atoms with E-state index in [4.69, 9.17) is 0 Å². The van der Waals surface area contributed by atoms with Gasteiger partial charge in [-0.05, 0) is 56.8 Å². The van der Waals surface area contributed by atoms with Crippen LogP contribution >= 0.6 is 0 Å². The highest BCUT2D eigenvalue weighted by atomic mass is 14.4. The standard InChI is InChI=1S/C20H40/c1-8-13-18(6)16-20(11-4,19(7)10-3)15-12-14-17(5)9-2/h9,18-19H,8,10-16H2,1-7H3. The zero-order valence-corrected chi connectivity index (χ0v) is 15.4. The molecule has 0 aromatic carbocycles. The summed E-state index contributed by atoms with van der Waals surface area (Å²) in [6.45, 7) is 16.5. The van der Waals surface area contributed by atoms with Crippen LogP contribution in [0.3, 0.4) is 0 Å². The van der Waals surface area contributed by atoms with Crippen LogP contribution in [-0.2, 0) is 0 Å². The van der Waals surface area contributed by atoms with Gasteiger partial charge in [-0.15, -0.1) is 0 Å². The van der Waals surface area contributed by atoms with E-state index in [0.29, 0.717) is 5.41 Å². The van der Waals surface area contributed by atoms with Gasteiger partial charge in [0.1, 0.15) is 0 Å². The van der Waals surface area contributed by atoms with E-state index in [1.54, 1.807) is 5.57 Å². The predicted molar refractivity (Wildman–Crippen MR) is 94.2 cm³/mol. The van der Waals surface area contributed by atoms with Gasteiger partial charge in [0.2, 0.25) is 0 Å². The minimum Gasteiger partial charge on any atom is -0.0887 e. The molecule has 0 amide bonds. The third-order valence-electron chi connectivity index (χ3n) is 5.64. The van der Waals surface area contributed by atoms with E-state index < -0.39 is 0 Å². The lowest BCUT2D eigenvalue weighted by atomic mass is 9.64. The topological polar surface area (TPSA) is 0 Å². The maximum absolute atomic E-state index is 2.49. The van der Waals surface area contributed by atoms with Gasteiger partial charge >= 0.3 is 0 Å². The smallest absolute Gasteiger partial charge is 0.0272 e. The molecule has 0 bridgehead atoms. The largest absolute Gasteiger partial charge is 0.0887 e. The summed E-state index contributed by atoms with van der Waals surface area (Å²) < 4.78 is 0. The molecule has 0 aliphatic heterocycles. The molecule has 120 valence electrons. The van der Waals surface area contributed by atoms with E-state index in [9.17, 15) is 0 Å². The highest BCUT2D eigenvalue weighted by molar-refractivity contribution is 4.96. The number of allylic oxidation sites excluding steroid dienone is 2. The molecule has 20 heavy (non-hydrogen) atoms. The monoisotopic (exact) mass is 280 g/mol. The first-order valence-corrected chi connectivity index (χ1v) is 9.07. The molecule has 0 saturated carbocycles. The number of hydrogen-bond acceptors (Lipinski definition) is 0. The average molecular weight is 281 g/mol. The molecule has 3 atom stereocenters. The van der Waals surface area contributed by atoms with Crippen LogP contribution in [0.1, 0.15) is 99.8 Å². The van der Waals surface area contributed by atoms with Crippen LogP contribution in [0.4, 0.5) is 0 Å². The van der Waals surface area contributed by atoms with Gasteiger partial charge in [-0.3, -0.25) is 0 Å². The van der Waals surface area contributed by atoms with E-state index in [0.717, 1.165) is 11.8 Å². The molecule has 0 heteroatoms. The molecular formula is C20H40. The first kappa shape index (κ1) is 19.7. The van der Waals surface area contributed by atoms with Crippen molar-refractivity contribution in [3.8, 4) is 0 Å². The summed E-state index contributed by atoms with van der Waals surface area (Å²) in [5.74, 6) is 1.74. The molecule has 0 rings (SSSR count). The lowest BCUT2D eigenvalue weighted by Gasteiger charge is -2.41. The second-order valence-electron chi connectivity index (χ2n) is 7.11. The molecule has 0 radical (unpaired) electrons. The quantitative estimate of drug-likeness (QED) is 0.346. The number of hydrogen-bond donors (Lipinski definition) is 0. The van der Waals surface area contributed by atoms with Crippen molar-refractivity contribution in [1.82, 2.24) is 0 Å². The van der Waals surface area contributed by atoms with Crippen molar-refractivity contribution in [2.75, 3.05) is 0 Å². The van der Waals surface area contributed by atoms with Gasteiger partial charge in [0.15, 0.2) is 0 Å². The maximum Gasteiger partial charge on any atom is -0.0272 e. The van der Waals surface area contributed by atoms with Gasteiger partial charge in [-0.25, -0.2) is 0 Å². The second kappa shape index (κ2) is 10.5. The van der Waals surface area contributed by atoms with E-state index in [-0.39, 0.29) is 0 Å². The maximum atomic E-state index is 2.49. The summed E-state index contributed by atoms with van der Waals surface area (Å²) in [5, 5.41) is 0. The third-order valence-corrected chi connectivity index (χ3v) is 5.64. The van der Waals surface area contributed by atoms with Crippen LogP contribution in [0.15, 0.2) is 11.6 Å². The molecule has 0 N–H and O–H groups in total. The summed E-state index contributed by atoms with van der Waals surface area (Å²) in [5.41, 5.74) is 2.14. The highest BCUT2D eigenvalue weighted by Crippen LogP contribution is 2.45. The van der Waals surface area contributed by atoms with Crippen LogP contribution in [0.5, 0.6) is 0 Å². The molecule has 3 unspecified atom stereocenters. The summed E-state index contributed by atoms with van der Waals surface area (Å²) in [6.07, 6.45) is 13.2. The van der Waals surface area contributed by atoms with Gasteiger partial charge in [-0.1, -0.05) is 72.0 Å². The van der Waals surface area contributed by atoms with E-state index >= 15 is 0 Å². The predicted octanol–water partition coefficient (Wildman–Crippen LogP) is 7.39. The Morgan fingerprint density at radius 3 is 2.25 bits per heavy atom. The molecule has 0 aliphatic carbocycles. The first-order chi connectivity index (χ1) is 9.45. The Morgan fingerprint density at radius 1 is 1.15 bits per heavy atom. The minimum atomic E-state index is 0.581. The molecular weight excluding hydrogens is 240 g/mol. The van der Waals surface area contributed by atoms with Crippen LogP contribution in [0.25, 0.3) is 0 Å². The van der Waals surface area contributed by atoms with Crippen molar-refractivity contribution in [1.29, 1.82) is 0 Å². The normalized spacial score (nSPS) is 18.6. The van der Waals surface area contributed by atoms with Crippen molar-refractivity contribution in [3.63, 3.8) is 0 Å². The van der Waals surface area contributed by atoms with Crippen LogP contribution in [0.2, 0.25) is 0 Å². The summed E-state index contributed by atoms with van der Waals surface area (Å²) in [4.78, 5) is 0. The Balaban J connectivity index is 4.75. The first-order valence-electron chi connectivity index (χ1n) is 9.07. The Labute approximate surface area is 129 Å². The molecule has 0 nitrogen and oxygen atoms in total. The molecule has 0 saturated heterocycles. The SMILES string of the molecule is CC=C(C)CCCC(CC)(CC(C)CCC)C(C)CC. The molecule has 0 spiro atoms. The van der Waals surface area contributed by atoms with Crippen molar-refractivity contribution in [2.45, 2.75) is 99.8 Å². The fourth-order valence-electron chi connectivity index (χ4n) is 3.80. The van der Waals surface area contributed by atoms with Gasteiger partial charge in [0, 0.05) is 0 Å². The third kappa shape index (κ3) is 6.46. The molecule has 0 fully saturated rings. The van der Waals surface area contributed by atoms with Crippen LogP contribution < -0.4 is 0 Å². The molecule has 0 aromatic heterocycles. The average Bonchev–Trinajstić information content (AvgIpc) is 2.45. The van der Waals surface area contributed by atoms with E-state index in [1.807, 2.05) is 0 Å². The van der Waals surface area contributed by atoms with E-state index in [1.165, 1.54) is 51.4 Å². The second-order valence-corrected chi connectivity index (χ2v) is 7.11. The van der Waals surface area contributed by atoms with E-state index in [2.05, 4.69) is 54.5 Å². The Morgan fingerprint density at radius 2 is 1.80 bits per heavy atom. The Hall–Kier alpha value is -0.260. The van der Waals surface area contributed by atoms with Crippen molar-refractivity contribution in [2.24, 2.45) is 17.3 Å². The zero-order chi connectivity index (χ0) is 15.6. The van der Waals surface area contributed by atoms with Crippen molar-refractivity contribution >= 4 is 0 Å². The fourth-order valence-corrected chi connectivity index (χ4v) is 3.80. The van der Waals surface area contributed by atoms with Gasteiger partial charge in [0.25, 0.3) is 0 Å². The summed E-state index contributed by atoms with van der Waals surface area (Å²) >= 11 is 0.